The molecule has 29 heavy (non-hydrogen) atoms. The predicted molar refractivity (Wildman–Crippen MR) is 107 cm³/mol. The SMILES string of the molecule is O=C(O)CCCn1c2c(c3cc(F)ccc31)CN(S(=O)(=O)c1ccccc1)CC2. The number of halogens is 1. The van der Waals surface area contributed by atoms with Gasteiger partial charge in [0.25, 0.3) is 0 Å². The molecular weight excluding hydrogens is 395 g/mol. The van der Waals surface area contributed by atoms with Gasteiger partial charge in [0.05, 0.1) is 4.90 Å². The van der Waals surface area contributed by atoms with Gasteiger partial charge in [-0.05, 0) is 42.3 Å². The number of aromatic nitrogens is 1. The number of aryl methyl sites for hydroxylation is 1. The van der Waals surface area contributed by atoms with Gasteiger partial charge in [-0.15, -0.1) is 0 Å². The van der Waals surface area contributed by atoms with Crippen LogP contribution in [-0.4, -0.2) is 34.9 Å². The van der Waals surface area contributed by atoms with Gasteiger partial charge in [-0.1, -0.05) is 18.2 Å². The van der Waals surface area contributed by atoms with E-state index in [1.807, 2.05) is 4.57 Å². The number of hydrogen-bond acceptors (Lipinski definition) is 3. The molecule has 0 amide bonds. The molecule has 4 rings (SSSR count). The van der Waals surface area contributed by atoms with Crippen molar-refractivity contribution in [1.82, 2.24) is 8.87 Å². The minimum Gasteiger partial charge on any atom is -0.481 e. The first-order valence-electron chi connectivity index (χ1n) is 9.44. The van der Waals surface area contributed by atoms with Gasteiger partial charge in [0, 0.05) is 49.1 Å². The third-order valence-corrected chi connectivity index (χ3v) is 7.19. The van der Waals surface area contributed by atoms with Crippen molar-refractivity contribution in [3.8, 4) is 0 Å². The summed E-state index contributed by atoms with van der Waals surface area (Å²) in [6.45, 7) is 0.982. The van der Waals surface area contributed by atoms with Gasteiger partial charge in [0.1, 0.15) is 5.82 Å². The van der Waals surface area contributed by atoms with Crippen molar-refractivity contribution in [1.29, 1.82) is 0 Å². The van der Waals surface area contributed by atoms with Gasteiger partial charge < -0.3 is 9.67 Å². The molecule has 2 heterocycles. The zero-order valence-corrected chi connectivity index (χ0v) is 16.5. The lowest BCUT2D eigenvalue weighted by atomic mass is 10.1. The monoisotopic (exact) mass is 416 g/mol. The van der Waals surface area contributed by atoms with Crippen LogP contribution in [0.2, 0.25) is 0 Å². The molecule has 8 heteroatoms. The molecule has 152 valence electrons. The second kappa shape index (κ2) is 7.61. The number of nitrogens with zero attached hydrogens (tertiary/aromatic N) is 2. The van der Waals surface area contributed by atoms with Gasteiger partial charge in [-0.25, -0.2) is 12.8 Å². The van der Waals surface area contributed by atoms with E-state index in [0.29, 0.717) is 31.3 Å². The average molecular weight is 416 g/mol. The molecular formula is C21H21FN2O4S. The van der Waals surface area contributed by atoms with Crippen molar-refractivity contribution < 1.29 is 22.7 Å². The summed E-state index contributed by atoms with van der Waals surface area (Å²) in [5.41, 5.74) is 2.55. The molecule has 6 nitrogen and oxygen atoms in total. The minimum atomic E-state index is -3.65. The first kappa shape index (κ1) is 19.6. The summed E-state index contributed by atoms with van der Waals surface area (Å²) in [4.78, 5) is 11.1. The van der Waals surface area contributed by atoms with E-state index < -0.39 is 16.0 Å². The molecule has 0 unspecified atom stereocenters. The smallest absolute Gasteiger partial charge is 0.303 e. The predicted octanol–water partition coefficient (Wildman–Crippen LogP) is 3.39. The Morgan fingerprint density at radius 2 is 1.90 bits per heavy atom. The number of fused-ring (bicyclic) bond motifs is 3. The lowest BCUT2D eigenvalue weighted by molar-refractivity contribution is -0.137. The normalized spacial score (nSPS) is 14.8. The quantitative estimate of drug-likeness (QED) is 0.668. The van der Waals surface area contributed by atoms with E-state index in [0.717, 1.165) is 16.8 Å². The van der Waals surface area contributed by atoms with E-state index >= 15 is 0 Å². The summed E-state index contributed by atoms with van der Waals surface area (Å²) in [5.74, 6) is -1.24. The van der Waals surface area contributed by atoms with Crippen molar-refractivity contribution >= 4 is 26.9 Å². The Morgan fingerprint density at radius 1 is 1.14 bits per heavy atom. The fraction of sp³-hybridized carbons (Fsp3) is 0.286. The Bertz CT molecular complexity index is 1170. The van der Waals surface area contributed by atoms with Crippen LogP contribution in [0, 0.1) is 5.82 Å². The largest absolute Gasteiger partial charge is 0.481 e. The van der Waals surface area contributed by atoms with Crippen molar-refractivity contribution in [3.05, 3.63) is 65.6 Å². The van der Waals surface area contributed by atoms with Gasteiger partial charge in [0.2, 0.25) is 10.0 Å². The fourth-order valence-electron chi connectivity index (χ4n) is 3.99. The lowest BCUT2D eigenvalue weighted by Crippen LogP contribution is -2.36. The average Bonchev–Trinajstić information content (AvgIpc) is 3.01. The van der Waals surface area contributed by atoms with E-state index in [2.05, 4.69) is 0 Å². The maximum absolute atomic E-state index is 14.0. The molecule has 1 aromatic heterocycles. The highest BCUT2D eigenvalue weighted by atomic mass is 32.2. The zero-order valence-electron chi connectivity index (χ0n) is 15.7. The fourth-order valence-corrected chi connectivity index (χ4v) is 5.42. The Kier molecular flexibility index (Phi) is 5.14. The molecule has 1 aliphatic rings. The second-order valence-electron chi connectivity index (χ2n) is 7.14. The van der Waals surface area contributed by atoms with E-state index in [1.165, 1.54) is 16.4 Å². The number of rotatable bonds is 6. The Labute approximate surface area is 168 Å². The van der Waals surface area contributed by atoms with Crippen LogP contribution in [0.4, 0.5) is 4.39 Å². The van der Waals surface area contributed by atoms with Crippen LogP contribution in [0.15, 0.2) is 53.4 Å². The Hall–Kier alpha value is -2.71. The second-order valence-corrected chi connectivity index (χ2v) is 9.08. The molecule has 0 bridgehead atoms. The van der Waals surface area contributed by atoms with Crippen molar-refractivity contribution in [3.63, 3.8) is 0 Å². The highest BCUT2D eigenvalue weighted by Crippen LogP contribution is 2.34. The van der Waals surface area contributed by atoms with Crippen molar-refractivity contribution in [2.45, 2.75) is 37.2 Å². The van der Waals surface area contributed by atoms with Gasteiger partial charge in [0.15, 0.2) is 0 Å². The first-order valence-corrected chi connectivity index (χ1v) is 10.9. The molecule has 1 N–H and O–H groups in total. The maximum Gasteiger partial charge on any atom is 0.303 e. The van der Waals surface area contributed by atoms with Crippen LogP contribution in [0.5, 0.6) is 0 Å². The van der Waals surface area contributed by atoms with Gasteiger partial charge >= 0.3 is 5.97 Å². The highest BCUT2D eigenvalue weighted by Gasteiger charge is 2.31. The lowest BCUT2D eigenvalue weighted by Gasteiger charge is -2.27. The van der Waals surface area contributed by atoms with E-state index in [-0.39, 0.29) is 23.7 Å². The standard InChI is InChI=1S/C21H21FN2O4S/c22-15-8-9-19-17(13-15)18-14-23(29(27,28)16-5-2-1-3-6-16)12-10-20(18)24(19)11-4-7-21(25)26/h1-3,5-6,8-9,13H,4,7,10-12,14H2,(H,25,26). The van der Waals surface area contributed by atoms with E-state index in [1.54, 1.807) is 36.4 Å². The topological polar surface area (TPSA) is 79.6 Å². The summed E-state index contributed by atoms with van der Waals surface area (Å²) in [5, 5.41) is 9.61. The van der Waals surface area contributed by atoms with Crippen LogP contribution in [-0.2, 0) is 34.3 Å². The number of aliphatic carboxylic acids is 1. The van der Waals surface area contributed by atoms with E-state index in [4.69, 9.17) is 5.11 Å². The van der Waals surface area contributed by atoms with Crippen molar-refractivity contribution in [2.24, 2.45) is 0 Å². The molecule has 3 aromatic rings. The number of benzene rings is 2. The molecule has 0 atom stereocenters. The van der Waals surface area contributed by atoms with Crippen LogP contribution in [0.1, 0.15) is 24.1 Å². The van der Waals surface area contributed by atoms with Gasteiger partial charge in [-0.3, -0.25) is 4.79 Å². The molecule has 0 saturated heterocycles. The summed E-state index contributed by atoms with van der Waals surface area (Å²) in [6.07, 6.45) is 0.990. The Balaban J connectivity index is 1.73. The molecule has 0 fully saturated rings. The summed E-state index contributed by atoms with van der Waals surface area (Å²) < 4.78 is 43.5. The van der Waals surface area contributed by atoms with Crippen LogP contribution in [0.25, 0.3) is 10.9 Å². The summed E-state index contributed by atoms with van der Waals surface area (Å²) >= 11 is 0. The number of hydrogen-bond donors (Lipinski definition) is 1. The molecule has 0 aliphatic carbocycles. The summed E-state index contributed by atoms with van der Waals surface area (Å²) in [7, 11) is -3.65. The van der Waals surface area contributed by atoms with Gasteiger partial charge in [-0.2, -0.15) is 4.31 Å². The minimum absolute atomic E-state index is 0.0458. The number of sulfonamides is 1. The first-order chi connectivity index (χ1) is 13.9. The number of carbonyl (C=O) groups is 1. The third-order valence-electron chi connectivity index (χ3n) is 5.33. The number of carboxylic acids is 1. The third kappa shape index (κ3) is 3.65. The molecule has 0 radical (unpaired) electrons. The molecule has 2 aromatic carbocycles. The van der Waals surface area contributed by atoms with Crippen LogP contribution < -0.4 is 0 Å². The Morgan fingerprint density at radius 3 is 2.62 bits per heavy atom. The number of carboxylic acid groups (broad SMARTS) is 1. The van der Waals surface area contributed by atoms with Crippen LogP contribution >= 0.6 is 0 Å². The zero-order chi connectivity index (χ0) is 20.6. The maximum atomic E-state index is 14.0. The molecule has 0 saturated carbocycles. The molecule has 1 aliphatic heterocycles. The van der Waals surface area contributed by atoms with Crippen LogP contribution in [0.3, 0.4) is 0 Å². The molecule has 0 spiro atoms. The highest BCUT2D eigenvalue weighted by molar-refractivity contribution is 7.89. The summed E-state index contributed by atoms with van der Waals surface area (Å²) in [6, 6.07) is 12.8. The van der Waals surface area contributed by atoms with E-state index in [9.17, 15) is 17.6 Å². The van der Waals surface area contributed by atoms with Crippen molar-refractivity contribution in [2.75, 3.05) is 6.54 Å².